The van der Waals surface area contributed by atoms with Crippen LogP contribution in [0.3, 0.4) is 0 Å². The van der Waals surface area contributed by atoms with Gasteiger partial charge >= 0.3 is 0 Å². The number of ether oxygens (including phenoxy) is 4. The molecule has 4 heteroatoms. The SMILES string of the molecule is c1ccc2c(c1)C1(OCC3CO3)c3ccccc3[C@H]2[C@@]2(OCC3CO3)c3ccccc3C1c1ccccc12. The molecule has 4 aromatic carbocycles. The number of hydrogen-bond donors (Lipinski definition) is 0. The molecule has 0 saturated carbocycles. The second-order valence-electron chi connectivity index (χ2n) is 11.2. The molecule has 0 aromatic heterocycles. The number of rotatable bonds is 6. The average Bonchev–Trinajstić information content (AvgIpc) is 3.89. The van der Waals surface area contributed by atoms with Crippen molar-refractivity contribution in [3.63, 3.8) is 0 Å². The Bertz CT molecular complexity index is 1370. The fraction of sp³-hybridized carbons (Fsp3) is 0.294. The molecule has 0 radical (unpaired) electrons. The van der Waals surface area contributed by atoms with Crippen molar-refractivity contribution in [1.82, 2.24) is 0 Å². The lowest BCUT2D eigenvalue weighted by Crippen LogP contribution is -2.55. The normalized spacial score (nSPS) is 32.4. The summed E-state index contributed by atoms with van der Waals surface area (Å²) in [5, 5.41) is 0. The van der Waals surface area contributed by atoms with Gasteiger partial charge in [-0.2, -0.15) is 0 Å². The van der Waals surface area contributed by atoms with Crippen LogP contribution in [0.2, 0.25) is 0 Å². The Hall–Kier alpha value is -3.28. The molecule has 2 aliphatic heterocycles. The Morgan fingerprint density at radius 2 is 0.789 bits per heavy atom. The molecular formula is C34H28O4. The highest BCUT2D eigenvalue weighted by atomic mass is 16.6. The molecule has 2 heterocycles. The van der Waals surface area contributed by atoms with E-state index in [-0.39, 0.29) is 24.0 Å². The molecule has 2 fully saturated rings. The topological polar surface area (TPSA) is 43.5 Å². The number of epoxide rings is 2. The van der Waals surface area contributed by atoms with E-state index in [1.54, 1.807) is 0 Å². The largest absolute Gasteiger partial charge is 0.371 e. The second kappa shape index (κ2) is 7.64. The van der Waals surface area contributed by atoms with Crippen molar-refractivity contribution in [3.8, 4) is 0 Å². The van der Waals surface area contributed by atoms with Crippen LogP contribution in [0.1, 0.15) is 56.3 Å². The number of benzene rings is 4. The Morgan fingerprint density at radius 3 is 1.08 bits per heavy atom. The first kappa shape index (κ1) is 21.6. The summed E-state index contributed by atoms with van der Waals surface area (Å²) in [5.41, 5.74) is 8.75. The van der Waals surface area contributed by atoms with Crippen LogP contribution < -0.4 is 0 Å². The van der Waals surface area contributed by atoms with Crippen LogP contribution in [-0.4, -0.2) is 38.6 Å². The summed E-state index contributed by atoms with van der Waals surface area (Å²) in [7, 11) is 0. The average molecular weight is 501 g/mol. The molecule has 12 rings (SSSR count). The Kier molecular flexibility index (Phi) is 4.35. The summed E-state index contributed by atoms with van der Waals surface area (Å²) >= 11 is 0. The first-order chi connectivity index (χ1) is 18.8. The monoisotopic (exact) mass is 500 g/mol. The van der Waals surface area contributed by atoms with Crippen molar-refractivity contribution in [2.75, 3.05) is 26.4 Å². The molecule has 2 unspecified atom stereocenters. The highest BCUT2D eigenvalue weighted by molar-refractivity contribution is 5.71. The molecule has 6 aliphatic carbocycles. The standard InChI is InChI=1S/C34H28O4/c1-5-13-27-23(9-1)31-24-10-2-6-14-28(24)33(27,37-19-21-17-35-21)32-25-11-3-7-15-29(25)34(31,38-20-22-18-36-22)30-16-8-4-12-26(30)32/h1-16,21-22,31-32H,17-20H2/t21?,22?,31-,32?,33?,34-. The summed E-state index contributed by atoms with van der Waals surface area (Å²) in [6, 6.07) is 35.6. The second-order valence-corrected chi connectivity index (χ2v) is 11.2. The van der Waals surface area contributed by atoms with Gasteiger partial charge in [-0.3, -0.25) is 0 Å². The maximum absolute atomic E-state index is 7.27. The molecule has 4 aromatic rings. The molecule has 0 spiro atoms. The van der Waals surface area contributed by atoms with E-state index in [4.69, 9.17) is 18.9 Å². The summed E-state index contributed by atoms with van der Waals surface area (Å²) in [4.78, 5) is 0. The van der Waals surface area contributed by atoms with Gasteiger partial charge < -0.3 is 18.9 Å². The van der Waals surface area contributed by atoms with Gasteiger partial charge in [0.25, 0.3) is 0 Å². The first-order valence-electron chi connectivity index (χ1n) is 13.7. The molecule has 2 atom stereocenters. The summed E-state index contributed by atoms with van der Waals surface area (Å²) in [5.74, 6) is -0.0720. The van der Waals surface area contributed by atoms with E-state index in [1.807, 2.05) is 0 Å². The lowest BCUT2D eigenvalue weighted by Gasteiger charge is -2.59. The summed E-state index contributed by atoms with van der Waals surface area (Å²) < 4.78 is 25.9. The van der Waals surface area contributed by atoms with Gasteiger partial charge in [-0.25, -0.2) is 0 Å². The van der Waals surface area contributed by atoms with Gasteiger partial charge in [0.15, 0.2) is 0 Å². The van der Waals surface area contributed by atoms with Crippen LogP contribution in [0.4, 0.5) is 0 Å². The van der Waals surface area contributed by atoms with Gasteiger partial charge in [0.2, 0.25) is 0 Å². The van der Waals surface area contributed by atoms with Crippen LogP contribution in [-0.2, 0) is 30.1 Å². The Labute approximate surface area is 222 Å². The Balaban J connectivity index is 1.45. The van der Waals surface area contributed by atoms with E-state index in [0.29, 0.717) is 13.2 Å². The quantitative estimate of drug-likeness (QED) is 0.323. The van der Waals surface area contributed by atoms with E-state index >= 15 is 0 Å². The van der Waals surface area contributed by atoms with E-state index < -0.39 is 11.2 Å². The van der Waals surface area contributed by atoms with Crippen LogP contribution in [0, 0.1) is 0 Å². The fourth-order valence-electron chi connectivity index (χ4n) is 7.73. The van der Waals surface area contributed by atoms with Crippen molar-refractivity contribution in [2.24, 2.45) is 0 Å². The molecule has 8 aliphatic rings. The molecule has 38 heavy (non-hydrogen) atoms. The molecule has 188 valence electrons. The van der Waals surface area contributed by atoms with Crippen molar-refractivity contribution in [2.45, 2.75) is 35.2 Å². The highest BCUT2D eigenvalue weighted by Crippen LogP contribution is 2.68. The fourth-order valence-corrected chi connectivity index (χ4v) is 7.73. The van der Waals surface area contributed by atoms with E-state index in [1.165, 1.54) is 44.5 Å². The van der Waals surface area contributed by atoms with Crippen LogP contribution in [0.15, 0.2) is 97.1 Å². The van der Waals surface area contributed by atoms with Gasteiger partial charge in [0.1, 0.15) is 23.4 Å². The molecule has 0 amide bonds. The zero-order chi connectivity index (χ0) is 24.9. The van der Waals surface area contributed by atoms with Gasteiger partial charge in [0, 0.05) is 11.8 Å². The zero-order valence-corrected chi connectivity index (χ0v) is 21.0. The minimum Gasteiger partial charge on any atom is -0.371 e. The van der Waals surface area contributed by atoms with E-state index in [2.05, 4.69) is 97.1 Å². The third kappa shape index (κ3) is 2.69. The predicted molar refractivity (Wildman–Crippen MR) is 142 cm³/mol. The minimum absolute atomic E-state index is 0.0360. The third-order valence-electron chi connectivity index (χ3n) is 9.30. The Morgan fingerprint density at radius 1 is 0.500 bits per heavy atom. The molecule has 2 saturated heterocycles. The van der Waals surface area contributed by atoms with E-state index in [0.717, 1.165) is 13.2 Å². The summed E-state index contributed by atoms with van der Waals surface area (Å²) in [6.07, 6.45) is 0.309. The smallest absolute Gasteiger partial charge is 0.130 e. The zero-order valence-electron chi connectivity index (χ0n) is 21.0. The van der Waals surface area contributed by atoms with Gasteiger partial charge in [-0.15, -0.1) is 0 Å². The number of hydrogen-bond acceptors (Lipinski definition) is 4. The lowest BCUT2D eigenvalue weighted by molar-refractivity contribution is -0.0759. The van der Waals surface area contributed by atoms with Crippen molar-refractivity contribution < 1.29 is 18.9 Å². The van der Waals surface area contributed by atoms with Gasteiger partial charge in [-0.05, 0) is 44.5 Å². The van der Waals surface area contributed by atoms with Crippen LogP contribution >= 0.6 is 0 Å². The van der Waals surface area contributed by atoms with Gasteiger partial charge in [0.05, 0.1) is 26.4 Å². The molecule has 4 bridgehead atoms. The molecule has 0 N–H and O–H groups in total. The maximum atomic E-state index is 7.27. The predicted octanol–water partition coefficient (Wildman–Crippen LogP) is 5.61. The minimum atomic E-state index is -0.686. The van der Waals surface area contributed by atoms with Crippen LogP contribution in [0.5, 0.6) is 0 Å². The first-order valence-corrected chi connectivity index (χ1v) is 13.7. The van der Waals surface area contributed by atoms with Crippen molar-refractivity contribution >= 4 is 0 Å². The molecule has 4 nitrogen and oxygen atoms in total. The van der Waals surface area contributed by atoms with Crippen molar-refractivity contribution in [1.29, 1.82) is 0 Å². The van der Waals surface area contributed by atoms with Crippen molar-refractivity contribution in [3.05, 3.63) is 142 Å². The van der Waals surface area contributed by atoms with Crippen LogP contribution in [0.25, 0.3) is 0 Å². The maximum Gasteiger partial charge on any atom is 0.130 e. The lowest BCUT2D eigenvalue weighted by atomic mass is 9.49. The third-order valence-corrected chi connectivity index (χ3v) is 9.30. The molecular weight excluding hydrogens is 472 g/mol. The van der Waals surface area contributed by atoms with E-state index in [9.17, 15) is 0 Å². The highest BCUT2D eigenvalue weighted by Gasteiger charge is 2.64. The van der Waals surface area contributed by atoms with Gasteiger partial charge in [-0.1, -0.05) is 97.1 Å². The summed E-state index contributed by atoms with van der Waals surface area (Å²) in [6.45, 7) is 2.66.